The number of rotatable bonds is 4. The molecule has 0 N–H and O–H groups in total. The molecule has 0 aliphatic carbocycles. The van der Waals surface area contributed by atoms with Gasteiger partial charge in [0.1, 0.15) is 5.75 Å². The summed E-state index contributed by atoms with van der Waals surface area (Å²) < 4.78 is 10.3. The van der Waals surface area contributed by atoms with Gasteiger partial charge in [-0.2, -0.15) is 0 Å². The highest BCUT2D eigenvalue weighted by molar-refractivity contribution is 6.31. The van der Waals surface area contributed by atoms with Crippen molar-refractivity contribution in [1.82, 2.24) is 0 Å². The van der Waals surface area contributed by atoms with E-state index in [9.17, 15) is 4.79 Å². The number of halogens is 1. The molecule has 0 bridgehead atoms. The number of aryl methyl sites for hydroxylation is 1. The van der Waals surface area contributed by atoms with E-state index >= 15 is 0 Å². The van der Waals surface area contributed by atoms with E-state index in [4.69, 9.17) is 16.3 Å². The summed E-state index contributed by atoms with van der Waals surface area (Å²) in [7, 11) is 1.37. The highest BCUT2D eigenvalue weighted by Crippen LogP contribution is 2.32. The summed E-state index contributed by atoms with van der Waals surface area (Å²) in [5.41, 5.74) is 2.61. The summed E-state index contributed by atoms with van der Waals surface area (Å²) in [6.45, 7) is 6.25. The van der Waals surface area contributed by atoms with E-state index in [1.54, 1.807) is 0 Å². The first-order valence-electron chi connectivity index (χ1n) is 5.49. The molecular weight excluding hydrogens is 240 g/mol. The maximum Gasteiger partial charge on any atom is 0.310 e. The molecule has 17 heavy (non-hydrogen) atoms. The Balaban J connectivity index is 3.26. The zero-order valence-electron chi connectivity index (χ0n) is 10.6. The van der Waals surface area contributed by atoms with Crippen LogP contribution in [0.5, 0.6) is 5.75 Å². The second kappa shape index (κ2) is 5.92. The van der Waals surface area contributed by atoms with Gasteiger partial charge in [0.15, 0.2) is 0 Å². The Labute approximate surface area is 107 Å². The number of esters is 1. The van der Waals surface area contributed by atoms with Crippen molar-refractivity contribution in [2.24, 2.45) is 0 Å². The molecule has 0 saturated carbocycles. The fourth-order valence-corrected chi connectivity index (χ4v) is 1.97. The number of hydrogen-bond acceptors (Lipinski definition) is 3. The van der Waals surface area contributed by atoms with Crippen LogP contribution in [0, 0.1) is 13.8 Å². The third-order valence-electron chi connectivity index (χ3n) is 2.62. The van der Waals surface area contributed by atoms with Crippen LogP contribution >= 0.6 is 11.6 Å². The highest BCUT2D eigenvalue weighted by atomic mass is 35.5. The largest absolute Gasteiger partial charge is 0.493 e. The number of benzene rings is 1. The lowest BCUT2D eigenvalue weighted by atomic mass is 10.0. The molecule has 0 fully saturated rings. The molecule has 0 aromatic heterocycles. The average Bonchev–Trinajstić information content (AvgIpc) is 2.30. The van der Waals surface area contributed by atoms with E-state index in [0.717, 1.165) is 22.4 Å². The molecule has 0 unspecified atom stereocenters. The maximum atomic E-state index is 11.4. The third kappa shape index (κ3) is 3.13. The summed E-state index contributed by atoms with van der Waals surface area (Å²) in [4.78, 5) is 11.4. The molecule has 0 spiro atoms. The van der Waals surface area contributed by atoms with Gasteiger partial charge in [0.05, 0.1) is 20.1 Å². The quantitative estimate of drug-likeness (QED) is 0.777. The van der Waals surface area contributed by atoms with E-state index in [-0.39, 0.29) is 12.4 Å². The van der Waals surface area contributed by atoms with Crippen LogP contribution in [-0.4, -0.2) is 19.7 Å². The van der Waals surface area contributed by atoms with Crippen molar-refractivity contribution in [1.29, 1.82) is 0 Å². The van der Waals surface area contributed by atoms with E-state index in [1.807, 2.05) is 26.8 Å². The minimum Gasteiger partial charge on any atom is -0.493 e. The van der Waals surface area contributed by atoms with Gasteiger partial charge >= 0.3 is 5.97 Å². The molecule has 1 aromatic rings. The fourth-order valence-electron chi connectivity index (χ4n) is 1.69. The maximum absolute atomic E-state index is 11.4. The third-order valence-corrected chi connectivity index (χ3v) is 3.02. The lowest BCUT2D eigenvalue weighted by molar-refractivity contribution is -0.139. The van der Waals surface area contributed by atoms with Crippen molar-refractivity contribution in [3.8, 4) is 5.75 Å². The van der Waals surface area contributed by atoms with Crippen molar-refractivity contribution < 1.29 is 14.3 Å². The molecule has 0 aliphatic rings. The smallest absolute Gasteiger partial charge is 0.310 e. The van der Waals surface area contributed by atoms with Gasteiger partial charge in [-0.15, -0.1) is 0 Å². The zero-order chi connectivity index (χ0) is 13.0. The Kier molecular flexibility index (Phi) is 4.82. The van der Waals surface area contributed by atoms with Crippen molar-refractivity contribution in [2.45, 2.75) is 27.2 Å². The van der Waals surface area contributed by atoms with Crippen molar-refractivity contribution in [3.63, 3.8) is 0 Å². The van der Waals surface area contributed by atoms with Crippen LogP contribution in [0.3, 0.4) is 0 Å². The minimum absolute atomic E-state index is 0.180. The van der Waals surface area contributed by atoms with Gasteiger partial charge in [0, 0.05) is 10.6 Å². The summed E-state index contributed by atoms with van der Waals surface area (Å²) in [6.07, 6.45) is 0.180. The van der Waals surface area contributed by atoms with Crippen LogP contribution in [0.4, 0.5) is 0 Å². The Bertz CT molecular complexity index is 427. The van der Waals surface area contributed by atoms with Crippen LogP contribution < -0.4 is 4.74 Å². The monoisotopic (exact) mass is 256 g/mol. The zero-order valence-corrected chi connectivity index (χ0v) is 11.4. The Morgan fingerprint density at radius 1 is 1.41 bits per heavy atom. The molecule has 4 heteroatoms. The number of carbonyl (C=O) groups excluding carboxylic acids is 1. The Morgan fingerprint density at radius 3 is 2.59 bits per heavy atom. The fraction of sp³-hybridized carbons (Fsp3) is 0.462. The van der Waals surface area contributed by atoms with Gasteiger partial charge < -0.3 is 9.47 Å². The van der Waals surface area contributed by atoms with Crippen LogP contribution in [0.2, 0.25) is 5.02 Å². The predicted octanol–water partition coefficient (Wildman–Crippen LogP) is 3.07. The summed E-state index contributed by atoms with van der Waals surface area (Å²) in [5, 5.41) is 0.643. The second-order valence-corrected chi connectivity index (χ2v) is 4.20. The van der Waals surface area contributed by atoms with Gasteiger partial charge in [-0.05, 0) is 38.0 Å². The first-order valence-corrected chi connectivity index (χ1v) is 5.87. The van der Waals surface area contributed by atoms with Crippen molar-refractivity contribution in [3.05, 3.63) is 27.8 Å². The van der Waals surface area contributed by atoms with E-state index in [0.29, 0.717) is 11.6 Å². The van der Waals surface area contributed by atoms with Crippen LogP contribution in [0.15, 0.2) is 6.07 Å². The molecule has 0 aliphatic heterocycles. The molecule has 1 rings (SSSR count). The molecule has 0 atom stereocenters. The number of carbonyl (C=O) groups is 1. The molecule has 1 aromatic carbocycles. The van der Waals surface area contributed by atoms with E-state index in [1.165, 1.54) is 7.11 Å². The van der Waals surface area contributed by atoms with Crippen molar-refractivity contribution in [2.75, 3.05) is 13.7 Å². The van der Waals surface area contributed by atoms with Gasteiger partial charge in [-0.25, -0.2) is 0 Å². The average molecular weight is 257 g/mol. The summed E-state index contributed by atoms with van der Waals surface area (Å²) in [6, 6.07) is 1.85. The number of methoxy groups -OCH3 is 1. The van der Waals surface area contributed by atoms with Crippen LogP contribution in [0.1, 0.15) is 23.6 Å². The van der Waals surface area contributed by atoms with Gasteiger partial charge in [0.2, 0.25) is 0 Å². The topological polar surface area (TPSA) is 35.5 Å². The molecule has 94 valence electrons. The molecule has 0 saturated heterocycles. The lowest BCUT2D eigenvalue weighted by Crippen LogP contribution is -2.09. The highest BCUT2D eigenvalue weighted by Gasteiger charge is 2.16. The molecule has 0 radical (unpaired) electrons. The number of ether oxygens (including phenoxy) is 2. The summed E-state index contributed by atoms with van der Waals surface area (Å²) >= 11 is 6.11. The second-order valence-electron chi connectivity index (χ2n) is 3.79. The Hall–Kier alpha value is -1.22. The number of hydrogen-bond donors (Lipinski definition) is 0. The van der Waals surface area contributed by atoms with E-state index in [2.05, 4.69) is 4.74 Å². The van der Waals surface area contributed by atoms with E-state index < -0.39 is 0 Å². The molecule has 0 amide bonds. The van der Waals surface area contributed by atoms with Crippen LogP contribution in [-0.2, 0) is 16.0 Å². The van der Waals surface area contributed by atoms with Crippen LogP contribution in [0.25, 0.3) is 0 Å². The first-order chi connectivity index (χ1) is 8.01. The Morgan fingerprint density at radius 2 is 2.06 bits per heavy atom. The van der Waals surface area contributed by atoms with Crippen molar-refractivity contribution >= 4 is 17.6 Å². The van der Waals surface area contributed by atoms with Gasteiger partial charge in [-0.1, -0.05) is 11.6 Å². The molecule has 3 nitrogen and oxygen atoms in total. The normalized spacial score (nSPS) is 10.2. The van der Waals surface area contributed by atoms with Gasteiger partial charge in [0.25, 0.3) is 0 Å². The summed E-state index contributed by atoms with van der Waals surface area (Å²) in [5.74, 6) is 0.440. The standard InChI is InChI=1S/C13H17ClO3/c1-5-17-13-8(2)6-11(14)9(3)10(13)7-12(15)16-4/h6H,5,7H2,1-4H3. The molecule has 0 heterocycles. The SMILES string of the molecule is CCOc1c(C)cc(Cl)c(C)c1CC(=O)OC. The van der Waals surface area contributed by atoms with Gasteiger partial charge in [-0.3, -0.25) is 4.79 Å². The molecular formula is C13H17ClO3. The lowest BCUT2D eigenvalue weighted by Gasteiger charge is -2.16. The first kappa shape index (κ1) is 13.8. The minimum atomic E-state index is -0.296. The predicted molar refractivity (Wildman–Crippen MR) is 67.8 cm³/mol.